The molecule has 0 unspecified atom stereocenters. The van der Waals surface area contributed by atoms with E-state index in [0.717, 1.165) is 24.0 Å². The first-order chi connectivity index (χ1) is 21.2. The van der Waals surface area contributed by atoms with Gasteiger partial charge in [-0.3, -0.25) is 4.79 Å². The molecule has 11 heteroatoms. The van der Waals surface area contributed by atoms with Crippen LogP contribution in [0.2, 0.25) is 0 Å². The van der Waals surface area contributed by atoms with Crippen molar-refractivity contribution in [2.75, 3.05) is 11.4 Å². The van der Waals surface area contributed by atoms with Gasteiger partial charge in [0, 0.05) is 17.3 Å². The second kappa shape index (κ2) is 14.0. The Morgan fingerprint density at radius 1 is 0.933 bits per heavy atom. The normalized spacial score (nSPS) is 14.3. The summed E-state index contributed by atoms with van der Waals surface area (Å²) >= 11 is 0. The van der Waals surface area contributed by atoms with Gasteiger partial charge < -0.3 is 25.0 Å². The summed E-state index contributed by atoms with van der Waals surface area (Å²) in [5.74, 6) is -0.761. The summed E-state index contributed by atoms with van der Waals surface area (Å²) in [5, 5.41) is 29.7. The molecule has 2 amide bonds. The van der Waals surface area contributed by atoms with E-state index in [1.807, 2.05) is 24.3 Å². The zero-order valence-corrected chi connectivity index (χ0v) is 27.0. The number of phenols is 1. The van der Waals surface area contributed by atoms with Crippen molar-refractivity contribution < 1.29 is 38.1 Å². The number of anilines is 1. The van der Waals surface area contributed by atoms with E-state index in [1.54, 1.807) is 39.8 Å². The van der Waals surface area contributed by atoms with E-state index in [4.69, 9.17) is 4.74 Å². The van der Waals surface area contributed by atoms with Gasteiger partial charge >= 0.3 is 6.09 Å². The van der Waals surface area contributed by atoms with Crippen LogP contribution in [0.25, 0.3) is 0 Å². The van der Waals surface area contributed by atoms with E-state index in [1.165, 1.54) is 60.1 Å². The summed E-state index contributed by atoms with van der Waals surface area (Å²) in [6.07, 6.45) is 2.72. The van der Waals surface area contributed by atoms with Crippen molar-refractivity contribution >= 4 is 27.7 Å². The Kier molecular flexibility index (Phi) is 10.6. The molecule has 4 rings (SSSR count). The highest BCUT2D eigenvalue weighted by atomic mass is 32.2. The van der Waals surface area contributed by atoms with Crippen molar-refractivity contribution in [1.82, 2.24) is 4.31 Å². The van der Waals surface area contributed by atoms with Crippen LogP contribution >= 0.6 is 0 Å². The largest absolute Gasteiger partial charge is 0.507 e. The first-order valence-electron chi connectivity index (χ1n) is 15.1. The predicted octanol–water partition coefficient (Wildman–Crippen LogP) is 5.89. The lowest BCUT2D eigenvalue weighted by Crippen LogP contribution is -2.47. The van der Waals surface area contributed by atoms with Crippen LogP contribution in [0.3, 0.4) is 0 Å². The lowest BCUT2D eigenvalue weighted by Gasteiger charge is -2.30. The number of aryl methyl sites for hydroxylation is 1. The Morgan fingerprint density at radius 2 is 1.56 bits per heavy atom. The van der Waals surface area contributed by atoms with E-state index in [0.29, 0.717) is 10.2 Å². The average molecular weight is 639 g/mol. The van der Waals surface area contributed by atoms with Crippen LogP contribution in [0, 0.1) is 6.92 Å². The fourth-order valence-corrected chi connectivity index (χ4v) is 6.61. The Bertz CT molecular complexity index is 1590. The highest BCUT2D eigenvalue weighted by Gasteiger charge is 2.36. The third-order valence-electron chi connectivity index (χ3n) is 7.79. The average Bonchev–Trinajstić information content (AvgIpc) is 2.98. The Balaban J connectivity index is 1.70. The van der Waals surface area contributed by atoms with E-state index >= 15 is 0 Å². The van der Waals surface area contributed by atoms with Crippen LogP contribution in [0.5, 0.6) is 5.75 Å². The summed E-state index contributed by atoms with van der Waals surface area (Å²) in [6.45, 7) is 5.65. The Morgan fingerprint density at radius 3 is 2.11 bits per heavy atom. The minimum atomic E-state index is -4.52. The fourth-order valence-electron chi connectivity index (χ4n) is 5.36. The van der Waals surface area contributed by atoms with Crippen molar-refractivity contribution in [2.24, 2.45) is 0 Å². The molecule has 0 atom stereocenters. The molecule has 0 aliphatic heterocycles. The molecule has 0 bridgehead atoms. The summed E-state index contributed by atoms with van der Waals surface area (Å²) in [7, 11) is -4.52. The molecule has 1 aliphatic carbocycles. The molecule has 0 spiro atoms. The molecule has 0 aromatic heterocycles. The maximum atomic E-state index is 14.0. The number of hydrogen-bond acceptors (Lipinski definition) is 8. The van der Waals surface area contributed by atoms with Crippen LogP contribution < -0.4 is 4.90 Å². The molecule has 1 aliphatic rings. The van der Waals surface area contributed by atoms with Crippen LogP contribution in [-0.2, 0) is 26.1 Å². The molecular weight excluding hydrogens is 596 g/mol. The zero-order chi connectivity index (χ0) is 32.9. The van der Waals surface area contributed by atoms with Gasteiger partial charge in [-0.1, -0.05) is 61.2 Å². The SMILES string of the molecule is Cc1ccc(S(=O)(=O)N(CC(=O)N(Cc2ccc(C3CCCCC3)cc2)c2ccc(C(O)O)c(O)c2)C(=O)OC(C)(C)C)cc1. The van der Waals surface area contributed by atoms with Crippen LogP contribution in [0.15, 0.2) is 71.6 Å². The van der Waals surface area contributed by atoms with Gasteiger partial charge in [0.15, 0.2) is 6.29 Å². The number of amides is 2. The van der Waals surface area contributed by atoms with Gasteiger partial charge in [0.2, 0.25) is 5.91 Å². The first-order valence-corrected chi connectivity index (χ1v) is 16.5. The Labute approximate surface area is 264 Å². The molecule has 45 heavy (non-hydrogen) atoms. The molecule has 0 saturated heterocycles. The number of aliphatic hydroxyl groups is 2. The molecule has 1 fully saturated rings. The maximum Gasteiger partial charge on any atom is 0.424 e. The van der Waals surface area contributed by atoms with Gasteiger partial charge in [0.25, 0.3) is 10.0 Å². The monoisotopic (exact) mass is 638 g/mol. The highest BCUT2D eigenvalue weighted by Crippen LogP contribution is 2.34. The maximum absolute atomic E-state index is 14.0. The minimum Gasteiger partial charge on any atom is -0.507 e. The molecular formula is C34H42N2O8S. The number of benzene rings is 3. The van der Waals surface area contributed by atoms with Crippen molar-refractivity contribution in [2.45, 2.75) is 89.0 Å². The fraction of sp³-hybridized carbons (Fsp3) is 0.412. The number of hydrogen-bond donors (Lipinski definition) is 3. The van der Waals surface area contributed by atoms with E-state index < -0.39 is 46.2 Å². The molecule has 3 N–H and O–H groups in total. The molecule has 3 aromatic rings. The summed E-state index contributed by atoms with van der Waals surface area (Å²) in [4.78, 5) is 28.4. The Hall–Kier alpha value is -3.93. The first kappa shape index (κ1) is 34.0. The summed E-state index contributed by atoms with van der Waals surface area (Å²) < 4.78 is 33.3. The predicted molar refractivity (Wildman–Crippen MR) is 170 cm³/mol. The summed E-state index contributed by atoms with van der Waals surface area (Å²) in [5.41, 5.74) is 1.71. The molecule has 242 valence electrons. The lowest BCUT2D eigenvalue weighted by atomic mass is 9.84. The van der Waals surface area contributed by atoms with Crippen LogP contribution in [0.1, 0.15) is 87.3 Å². The quantitative estimate of drug-likeness (QED) is 0.246. The van der Waals surface area contributed by atoms with Gasteiger partial charge in [-0.15, -0.1) is 0 Å². The topological polar surface area (TPSA) is 145 Å². The number of nitrogens with zero attached hydrogens (tertiary/aromatic N) is 2. The van der Waals surface area contributed by atoms with Crippen molar-refractivity contribution in [1.29, 1.82) is 0 Å². The number of aliphatic hydroxyl groups excluding tert-OH is 1. The number of rotatable bonds is 9. The van der Waals surface area contributed by atoms with Gasteiger partial charge in [-0.25, -0.2) is 13.2 Å². The molecule has 1 saturated carbocycles. The smallest absolute Gasteiger partial charge is 0.424 e. The molecule has 0 radical (unpaired) electrons. The minimum absolute atomic E-state index is 0.0169. The molecule has 10 nitrogen and oxygen atoms in total. The second-order valence-corrected chi connectivity index (χ2v) is 14.3. The van der Waals surface area contributed by atoms with Gasteiger partial charge in [-0.05, 0) is 81.8 Å². The number of aromatic hydroxyl groups is 1. The molecule has 3 aromatic carbocycles. The zero-order valence-electron chi connectivity index (χ0n) is 26.1. The van der Waals surface area contributed by atoms with Gasteiger partial charge in [0.05, 0.1) is 11.4 Å². The van der Waals surface area contributed by atoms with Gasteiger partial charge in [-0.2, -0.15) is 4.31 Å². The number of carbonyl (C=O) groups is 2. The number of sulfonamides is 1. The lowest BCUT2D eigenvalue weighted by molar-refractivity contribution is -0.119. The standard InChI is InChI=1S/C34H42N2O8S/c1-23-10-17-28(18-11-23)45(42,43)36(33(41)44-34(2,3)4)22-31(38)35(27-16-19-29(32(39)40)30(37)20-27)21-24-12-14-26(15-13-24)25-8-6-5-7-9-25/h10-20,25,32,37,39-40H,5-9,21-22H2,1-4H3. The number of ether oxygens (including phenoxy) is 1. The van der Waals surface area contributed by atoms with Gasteiger partial charge in [0.1, 0.15) is 17.9 Å². The third kappa shape index (κ3) is 8.62. The number of phenolic OH excluding ortho intramolecular Hbond substituents is 1. The van der Waals surface area contributed by atoms with Crippen molar-refractivity contribution in [3.8, 4) is 5.75 Å². The van der Waals surface area contributed by atoms with Crippen molar-refractivity contribution in [3.05, 3.63) is 89.0 Å². The van der Waals surface area contributed by atoms with Crippen LogP contribution in [0.4, 0.5) is 10.5 Å². The third-order valence-corrected chi connectivity index (χ3v) is 9.51. The second-order valence-electron chi connectivity index (χ2n) is 12.5. The highest BCUT2D eigenvalue weighted by molar-refractivity contribution is 7.89. The molecule has 0 heterocycles. The van der Waals surface area contributed by atoms with E-state index in [2.05, 4.69) is 0 Å². The van der Waals surface area contributed by atoms with E-state index in [9.17, 15) is 33.3 Å². The van der Waals surface area contributed by atoms with Crippen LogP contribution in [-0.4, -0.2) is 52.2 Å². The number of carbonyl (C=O) groups excluding carboxylic acids is 2. The van der Waals surface area contributed by atoms with E-state index in [-0.39, 0.29) is 22.7 Å². The van der Waals surface area contributed by atoms with Crippen molar-refractivity contribution in [3.63, 3.8) is 0 Å². The summed E-state index contributed by atoms with van der Waals surface area (Å²) in [6, 6.07) is 17.6.